The summed E-state index contributed by atoms with van der Waals surface area (Å²) in [5.74, 6) is 2.69. The molecule has 0 atom stereocenters. The molecule has 2 heterocycles. The van der Waals surface area contributed by atoms with Crippen LogP contribution in [0.4, 0.5) is 5.82 Å². The summed E-state index contributed by atoms with van der Waals surface area (Å²) in [4.78, 5) is 4.82. The number of benzene rings is 2. The van der Waals surface area contributed by atoms with Crippen LogP contribution in [0.25, 0.3) is 22.2 Å². The number of ether oxygens (including phenoxy) is 1. The lowest BCUT2D eigenvalue weighted by molar-refractivity contribution is 0.479. The Bertz CT molecular complexity index is 1160. The number of rotatable bonds is 4. The van der Waals surface area contributed by atoms with E-state index in [2.05, 4.69) is 28.4 Å². The van der Waals surface area contributed by atoms with E-state index in [1.54, 1.807) is 0 Å². The number of fused-ring (bicyclic) bond motifs is 1. The Balaban J connectivity index is 1.53. The molecule has 0 amide bonds. The third-order valence-electron chi connectivity index (χ3n) is 5.84. The number of H-pyrrole nitrogens is 1. The number of pyridine rings is 1. The number of hydrogen-bond acceptors (Lipinski definition) is 4. The zero-order chi connectivity index (χ0) is 19.8. The molecule has 2 aromatic carbocycles. The van der Waals surface area contributed by atoms with Gasteiger partial charge in [0.05, 0.1) is 5.39 Å². The predicted molar refractivity (Wildman–Crippen MR) is 116 cm³/mol. The zero-order valence-corrected chi connectivity index (χ0v) is 16.5. The topological polar surface area (TPSA) is 76.8 Å². The molecule has 1 fully saturated rings. The van der Waals surface area contributed by atoms with Gasteiger partial charge in [0, 0.05) is 11.6 Å². The number of aromatic amines is 1. The van der Waals surface area contributed by atoms with E-state index in [1.807, 2.05) is 43.3 Å². The van der Waals surface area contributed by atoms with Crippen LogP contribution >= 0.6 is 0 Å². The number of para-hydroxylation sites is 1. The monoisotopic (exact) mass is 384 g/mol. The fourth-order valence-electron chi connectivity index (χ4n) is 4.23. The summed E-state index contributed by atoms with van der Waals surface area (Å²) in [6, 6.07) is 18.4. The van der Waals surface area contributed by atoms with Gasteiger partial charge in [0.1, 0.15) is 11.5 Å². The highest BCUT2D eigenvalue weighted by atomic mass is 16.5. The second-order valence-electron chi connectivity index (χ2n) is 7.80. The molecule has 5 rings (SSSR count). The number of nitrogens with zero attached hydrogens (tertiary/aromatic N) is 2. The normalized spacial score (nSPS) is 14.5. The van der Waals surface area contributed by atoms with Crippen LogP contribution in [0.15, 0.2) is 54.6 Å². The van der Waals surface area contributed by atoms with Crippen molar-refractivity contribution in [3.63, 3.8) is 0 Å². The minimum Gasteiger partial charge on any atom is -0.457 e. The number of hydrogen-bond donors (Lipinski definition) is 2. The van der Waals surface area contributed by atoms with Crippen molar-refractivity contribution >= 4 is 16.9 Å². The average molecular weight is 384 g/mol. The van der Waals surface area contributed by atoms with Gasteiger partial charge in [-0.15, -0.1) is 0 Å². The summed E-state index contributed by atoms with van der Waals surface area (Å²) < 4.78 is 6.05. The molecular formula is C24H24N4O. The highest BCUT2D eigenvalue weighted by Gasteiger charge is 2.22. The molecule has 3 N–H and O–H groups in total. The maximum atomic E-state index is 6.16. The molecule has 0 unspecified atom stereocenters. The molecule has 0 spiro atoms. The molecule has 4 aromatic rings. The molecule has 1 aliphatic carbocycles. The predicted octanol–water partition coefficient (Wildman–Crippen LogP) is 5.97. The van der Waals surface area contributed by atoms with Crippen molar-refractivity contribution in [1.82, 2.24) is 15.2 Å². The lowest BCUT2D eigenvalue weighted by atomic mass is 9.97. The van der Waals surface area contributed by atoms with E-state index in [0.29, 0.717) is 11.7 Å². The molecule has 29 heavy (non-hydrogen) atoms. The number of aryl methyl sites for hydroxylation is 1. The van der Waals surface area contributed by atoms with Crippen molar-refractivity contribution in [3.05, 3.63) is 65.9 Å². The van der Waals surface area contributed by atoms with Crippen LogP contribution in [-0.2, 0) is 0 Å². The van der Waals surface area contributed by atoms with Gasteiger partial charge in [-0.25, -0.2) is 4.98 Å². The molecule has 5 nitrogen and oxygen atoms in total. The Morgan fingerprint density at radius 2 is 1.79 bits per heavy atom. The first-order valence-corrected chi connectivity index (χ1v) is 10.2. The fourth-order valence-corrected chi connectivity index (χ4v) is 4.23. The summed E-state index contributed by atoms with van der Waals surface area (Å²) in [6.07, 6.45) is 4.95. The van der Waals surface area contributed by atoms with Crippen LogP contribution in [0.2, 0.25) is 0 Å². The quantitative estimate of drug-likeness (QED) is 0.455. The summed E-state index contributed by atoms with van der Waals surface area (Å²) in [6.45, 7) is 2.05. The molecular weight excluding hydrogens is 360 g/mol. The first-order valence-electron chi connectivity index (χ1n) is 10.2. The molecule has 146 valence electrons. The molecule has 5 heteroatoms. The molecule has 0 radical (unpaired) electrons. The van der Waals surface area contributed by atoms with Crippen LogP contribution in [0.3, 0.4) is 0 Å². The Morgan fingerprint density at radius 3 is 2.55 bits per heavy atom. The Kier molecular flexibility index (Phi) is 4.43. The maximum Gasteiger partial charge on any atom is 0.158 e. The van der Waals surface area contributed by atoms with Crippen molar-refractivity contribution in [2.24, 2.45) is 0 Å². The molecule has 0 aliphatic heterocycles. The standard InChI is InChI=1S/C24H24N4O/c1-15-6-2-5-9-21(15)29-18-12-10-16(11-13-18)19-14-20(17-7-3-4-8-17)26-24-22(19)23(25)27-28-24/h2,5-6,9-14,17H,3-4,7-8H2,1H3,(H3,25,26,27,28). The van der Waals surface area contributed by atoms with E-state index in [9.17, 15) is 0 Å². The number of aromatic nitrogens is 3. The number of nitrogens with two attached hydrogens (primary N) is 1. The second-order valence-corrected chi connectivity index (χ2v) is 7.80. The average Bonchev–Trinajstić information content (AvgIpc) is 3.40. The van der Waals surface area contributed by atoms with Gasteiger partial charge in [0.2, 0.25) is 0 Å². The first-order chi connectivity index (χ1) is 14.2. The van der Waals surface area contributed by atoms with Gasteiger partial charge >= 0.3 is 0 Å². The molecule has 1 aliphatic rings. The van der Waals surface area contributed by atoms with Gasteiger partial charge < -0.3 is 10.5 Å². The highest BCUT2D eigenvalue weighted by Crippen LogP contribution is 2.38. The third-order valence-corrected chi connectivity index (χ3v) is 5.84. The smallest absolute Gasteiger partial charge is 0.158 e. The van der Waals surface area contributed by atoms with Gasteiger partial charge in [-0.3, -0.25) is 5.10 Å². The summed E-state index contributed by atoms with van der Waals surface area (Å²) in [7, 11) is 0. The Labute approximate surface area is 169 Å². The van der Waals surface area contributed by atoms with E-state index >= 15 is 0 Å². The Morgan fingerprint density at radius 1 is 1.03 bits per heavy atom. The minimum absolute atomic E-state index is 0.487. The second kappa shape index (κ2) is 7.24. The van der Waals surface area contributed by atoms with E-state index in [-0.39, 0.29) is 0 Å². The SMILES string of the molecule is Cc1ccccc1Oc1ccc(-c2cc(C3CCCC3)nc3[nH]nc(N)c23)cc1. The van der Waals surface area contributed by atoms with Crippen LogP contribution in [-0.4, -0.2) is 15.2 Å². The molecule has 0 bridgehead atoms. The van der Waals surface area contributed by atoms with Crippen molar-refractivity contribution in [1.29, 1.82) is 0 Å². The van der Waals surface area contributed by atoms with Crippen molar-refractivity contribution in [2.45, 2.75) is 38.5 Å². The van der Waals surface area contributed by atoms with Gasteiger partial charge in [-0.1, -0.05) is 43.2 Å². The number of anilines is 1. The summed E-state index contributed by atoms with van der Waals surface area (Å²) in [5.41, 5.74) is 11.3. The molecule has 1 saturated carbocycles. The van der Waals surface area contributed by atoms with E-state index < -0.39 is 0 Å². The maximum absolute atomic E-state index is 6.16. The fraction of sp³-hybridized carbons (Fsp3) is 0.250. The van der Waals surface area contributed by atoms with E-state index in [0.717, 1.165) is 44.9 Å². The van der Waals surface area contributed by atoms with Gasteiger partial charge in [-0.2, -0.15) is 5.10 Å². The van der Waals surface area contributed by atoms with Crippen molar-refractivity contribution < 1.29 is 4.74 Å². The van der Waals surface area contributed by atoms with Crippen LogP contribution < -0.4 is 10.5 Å². The van der Waals surface area contributed by atoms with Crippen LogP contribution in [0, 0.1) is 6.92 Å². The number of nitrogens with one attached hydrogen (secondary N) is 1. The van der Waals surface area contributed by atoms with Crippen LogP contribution in [0.1, 0.15) is 42.9 Å². The largest absolute Gasteiger partial charge is 0.457 e. The Hall–Kier alpha value is -3.34. The number of nitrogen functional groups attached to an aromatic ring is 1. The zero-order valence-electron chi connectivity index (χ0n) is 16.5. The molecule has 0 saturated heterocycles. The lowest BCUT2D eigenvalue weighted by Crippen LogP contribution is -1.98. The van der Waals surface area contributed by atoms with Crippen molar-refractivity contribution in [2.75, 3.05) is 5.73 Å². The van der Waals surface area contributed by atoms with Gasteiger partial charge in [0.25, 0.3) is 0 Å². The van der Waals surface area contributed by atoms with E-state index in [1.165, 1.54) is 25.7 Å². The third kappa shape index (κ3) is 3.33. The summed E-state index contributed by atoms with van der Waals surface area (Å²) >= 11 is 0. The van der Waals surface area contributed by atoms with Crippen molar-refractivity contribution in [3.8, 4) is 22.6 Å². The van der Waals surface area contributed by atoms with Gasteiger partial charge in [-0.05, 0) is 60.7 Å². The van der Waals surface area contributed by atoms with E-state index in [4.69, 9.17) is 15.5 Å². The first kappa shape index (κ1) is 17.7. The lowest BCUT2D eigenvalue weighted by Gasteiger charge is -2.13. The van der Waals surface area contributed by atoms with Gasteiger partial charge in [0.15, 0.2) is 11.5 Å². The molecule has 2 aromatic heterocycles. The highest BCUT2D eigenvalue weighted by molar-refractivity contribution is 6.00. The summed E-state index contributed by atoms with van der Waals surface area (Å²) in [5, 5.41) is 8.09. The minimum atomic E-state index is 0.487. The van der Waals surface area contributed by atoms with Crippen LogP contribution in [0.5, 0.6) is 11.5 Å².